The molecule has 7 heteroatoms. The van der Waals surface area contributed by atoms with Crippen LogP contribution in [0.15, 0.2) is 51.6 Å². The van der Waals surface area contributed by atoms with Crippen LogP contribution >= 0.6 is 27.5 Å². The maximum absolute atomic E-state index is 12.2. The van der Waals surface area contributed by atoms with Crippen molar-refractivity contribution in [1.29, 1.82) is 0 Å². The van der Waals surface area contributed by atoms with Gasteiger partial charge in [-0.2, -0.15) is 0 Å². The van der Waals surface area contributed by atoms with Crippen molar-refractivity contribution < 1.29 is 19.0 Å². The summed E-state index contributed by atoms with van der Waals surface area (Å²) >= 11 is 9.76. The predicted octanol–water partition coefficient (Wildman–Crippen LogP) is 5.63. The van der Waals surface area contributed by atoms with Crippen molar-refractivity contribution in [1.82, 2.24) is 0 Å². The molecule has 0 fully saturated rings. The molecule has 2 aromatic carbocycles. The van der Waals surface area contributed by atoms with Gasteiger partial charge in [0.25, 0.3) is 0 Å². The van der Waals surface area contributed by atoms with Gasteiger partial charge in [0.05, 0.1) is 17.7 Å². The number of benzene rings is 2. The number of carbonyl (C=O) groups excluding carboxylic acids is 1. The minimum atomic E-state index is -0.519. The van der Waals surface area contributed by atoms with E-state index in [0.29, 0.717) is 34.3 Å². The highest BCUT2D eigenvalue weighted by atomic mass is 79.9. The largest absolute Gasteiger partial charge is 0.490 e. The first kappa shape index (κ1) is 20.4. The second-order valence-corrected chi connectivity index (χ2v) is 7.60. The standard InChI is InChI=1S/C21H19BrClNO4/c1-4-26-18-11-13(9-16(23)19(18)27-12(2)3)10-17-21(25)28-20(24-17)14-5-7-15(22)8-6-14/h5-12H,4H2,1-3H3/b17-10-. The molecule has 0 radical (unpaired) electrons. The maximum atomic E-state index is 12.2. The second kappa shape index (κ2) is 8.80. The summed E-state index contributed by atoms with van der Waals surface area (Å²) in [7, 11) is 0. The topological polar surface area (TPSA) is 57.1 Å². The zero-order chi connectivity index (χ0) is 20.3. The molecule has 3 rings (SSSR count). The summed E-state index contributed by atoms with van der Waals surface area (Å²) in [5.74, 6) is 0.738. The molecule has 0 aliphatic carbocycles. The summed E-state index contributed by atoms with van der Waals surface area (Å²) in [5, 5.41) is 0.398. The van der Waals surface area contributed by atoms with E-state index in [4.69, 9.17) is 25.8 Å². The molecule has 146 valence electrons. The summed E-state index contributed by atoms with van der Waals surface area (Å²) in [6.07, 6.45) is 1.56. The van der Waals surface area contributed by atoms with Gasteiger partial charge in [-0.05, 0) is 68.8 Å². The van der Waals surface area contributed by atoms with Crippen LogP contribution in [0.4, 0.5) is 0 Å². The molecule has 1 heterocycles. The first-order valence-electron chi connectivity index (χ1n) is 8.79. The number of hydrogen-bond donors (Lipinski definition) is 0. The van der Waals surface area contributed by atoms with Crippen LogP contribution in [0.3, 0.4) is 0 Å². The molecule has 2 aromatic rings. The van der Waals surface area contributed by atoms with Gasteiger partial charge in [-0.25, -0.2) is 9.79 Å². The van der Waals surface area contributed by atoms with Crippen molar-refractivity contribution in [2.24, 2.45) is 4.99 Å². The molecule has 0 saturated carbocycles. The highest BCUT2D eigenvalue weighted by Gasteiger charge is 2.24. The average molecular weight is 465 g/mol. The van der Waals surface area contributed by atoms with Crippen LogP contribution in [0.5, 0.6) is 11.5 Å². The second-order valence-electron chi connectivity index (χ2n) is 6.27. The van der Waals surface area contributed by atoms with E-state index in [1.165, 1.54) is 0 Å². The lowest BCUT2D eigenvalue weighted by Crippen LogP contribution is -2.08. The molecule has 28 heavy (non-hydrogen) atoms. The maximum Gasteiger partial charge on any atom is 0.363 e. The third-order valence-corrected chi connectivity index (χ3v) is 4.51. The van der Waals surface area contributed by atoms with Crippen LogP contribution < -0.4 is 9.47 Å². The van der Waals surface area contributed by atoms with Crippen LogP contribution in [0.2, 0.25) is 5.02 Å². The number of nitrogens with zero attached hydrogens (tertiary/aromatic N) is 1. The van der Waals surface area contributed by atoms with Gasteiger partial charge in [-0.3, -0.25) is 0 Å². The zero-order valence-corrected chi connectivity index (χ0v) is 18.0. The number of hydrogen-bond acceptors (Lipinski definition) is 5. The Kier molecular flexibility index (Phi) is 6.42. The molecule has 0 N–H and O–H groups in total. The molecule has 0 spiro atoms. The van der Waals surface area contributed by atoms with Crippen molar-refractivity contribution in [2.75, 3.05) is 6.61 Å². The van der Waals surface area contributed by atoms with Crippen LogP contribution in [0.25, 0.3) is 6.08 Å². The Morgan fingerprint density at radius 3 is 2.61 bits per heavy atom. The average Bonchev–Trinajstić information content (AvgIpc) is 2.99. The van der Waals surface area contributed by atoms with Gasteiger partial charge in [0.15, 0.2) is 17.2 Å². The summed E-state index contributed by atoms with van der Waals surface area (Å²) in [6, 6.07) is 10.8. The smallest absolute Gasteiger partial charge is 0.363 e. The fraction of sp³-hybridized carbons (Fsp3) is 0.238. The molecule has 5 nitrogen and oxygen atoms in total. The van der Waals surface area contributed by atoms with E-state index in [1.807, 2.05) is 45.0 Å². The molecule has 0 unspecified atom stereocenters. The number of cyclic esters (lactones) is 1. The van der Waals surface area contributed by atoms with E-state index >= 15 is 0 Å². The molecule has 0 bridgehead atoms. The van der Waals surface area contributed by atoms with Crippen LogP contribution in [0.1, 0.15) is 31.9 Å². The summed E-state index contributed by atoms with van der Waals surface area (Å²) in [6.45, 7) is 6.16. The van der Waals surface area contributed by atoms with E-state index in [2.05, 4.69) is 20.9 Å². The van der Waals surface area contributed by atoms with Crippen LogP contribution in [-0.4, -0.2) is 24.6 Å². The molecule has 1 aliphatic rings. The third-order valence-electron chi connectivity index (χ3n) is 3.70. The third kappa shape index (κ3) is 4.75. The Hall–Kier alpha value is -2.31. The molecular formula is C21H19BrClNO4. The summed E-state index contributed by atoms with van der Waals surface area (Å²) < 4.78 is 17.6. The van der Waals surface area contributed by atoms with Crippen LogP contribution in [-0.2, 0) is 9.53 Å². The van der Waals surface area contributed by atoms with Gasteiger partial charge >= 0.3 is 5.97 Å². The van der Waals surface area contributed by atoms with Crippen molar-refractivity contribution in [3.8, 4) is 11.5 Å². The number of halogens is 2. The lowest BCUT2D eigenvalue weighted by molar-refractivity contribution is -0.129. The van der Waals surface area contributed by atoms with Gasteiger partial charge in [-0.1, -0.05) is 27.5 Å². The lowest BCUT2D eigenvalue weighted by Gasteiger charge is -2.16. The number of carbonyl (C=O) groups is 1. The van der Waals surface area contributed by atoms with Gasteiger partial charge < -0.3 is 14.2 Å². The van der Waals surface area contributed by atoms with Gasteiger partial charge in [0, 0.05) is 10.0 Å². The predicted molar refractivity (Wildman–Crippen MR) is 113 cm³/mol. The first-order valence-corrected chi connectivity index (χ1v) is 9.96. The minimum Gasteiger partial charge on any atom is -0.490 e. The highest BCUT2D eigenvalue weighted by Crippen LogP contribution is 2.38. The number of rotatable bonds is 6. The first-order chi connectivity index (χ1) is 13.4. The van der Waals surface area contributed by atoms with Crippen molar-refractivity contribution >= 4 is 45.5 Å². The Bertz CT molecular complexity index is 952. The van der Waals surface area contributed by atoms with Gasteiger partial charge in [0.1, 0.15) is 0 Å². The Labute approximate surface area is 177 Å². The number of esters is 1. The van der Waals surface area contributed by atoms with Gasteiger partial charge in [-0.15, -0.1) is 0 Å². The quantitative estimate of drug-likeness (QED) is 0.410. The Balaban J connectivity index is 1.95. The number of ether oxygens (including phenoxy) is 3. The normalized spacial score (nSPS) is 15.0. The van der Waals surface area contributed by atoms with E-state index in [1.54, 1.807) is 18.2 Å². The van der Waals surface area contributed by atoms with E-state index < -0.39 is 5.97 Å². The fourth-order valence-electron chi connectivity index (χ4n) is 2.57. The van der Waals surface area contributed by atoms with Crippen molar-refractivity contribution in [3.63, 3.8) is 0 Å². The molecule has 0 saturated heterocycles. The van der Waals surface area contributed by atoms with Crippen LogP contribution in [0, 0.1) is 0 Å². The number of aliphatic imine (C=N–C) groups is 1. The molecule has 0 aromatic heterocycles. The monoisotopic (exact) mass is 463 g/mol. The molecule has 1 aliphatic heterocycles. The molecule has 0 amide bonds. The summed E-state index contributed by atoms with van der Waals surface area (Å²) in [5.41, 5.74) is 1.57. The molecule has 0 atom stereocenters. The van der Waals surface area contributed by atoms with Crippen molar-refractivity contribution in [3.05, 3.63) is 62.7 Å². The Morgan fingerprint density at radius 2 is 1.96 bits per heavy atom. The Morgan fingerprint density at radius 1 is 1.25 bits per heavy atom. The zero-order valence-electron chi connectivity index (χ0n) is 15.7. The highest BCUT2D eigenvalue weighted by molar-refractivity contribution is 9.10. The fourth-order valence-corrected chi connectivity index (χ4v) is 3.10. The molecular weight excluding hydrogens is 446 g/mol. The minimum absolute atomic E-state index is 0.0520. The summed E-state index contributed by atoms with van der Waals surface area (Å²) in [4.78, 5) is 16.5. The van der Waals surface area contributed by atoms with E-state index in [0.717, 1.165) is 4.47 Å². The lowest BCUT2D eigenvalue weighted by atomic mass is 10.1. The van der Waals surface area contributed by atoms with E-state index in [-0.39, 0.29) is 17.7 Å². The SMILES string of the molecule is CCOc1cc(/C=C2\N=C(c3ccc(Br)cc3)OC2=O)cc(Cl)c1OC(C)C. The van der Waals surface area contributed by atoms with Crippen molar-refractivity contribution in [2.45, 2.75) is 26.9 Å². The van der Waals surface area contributed by atoms with Gasteiger partial charge in [0.2, 0.25) is 5.90 Å². The van der Waals surface area contributed by atoms with E-state index in [9.17, 15) is 4.79 Å².